The maximum absolute atomic E-state index is 10.5. The molecule has 0 radical (unpaired) electrons. The zero-order valence-electron chi connectivity index (χ0n) is 13.3. The number of rotatable bonds is 6. The van der Waals surface area contributed by atoms with Crippen LogP contribution in [0, 0.1) is 24.7 Å². The highest BCUT2D eigenvalue weighted by molar-refractivity contribution is 5.87. The van der Waals surface area contributed by atoms with Gasteiger partial charge in [0.2, 0.25) is 0 Å². The smallest absolute Gasteiger partial charge is 0.325 e. The number of esters is 2. The lowest BCUT2D eigenvalue weighted by Gasteiger charge is -1.94. The van der Waals surface area contributed by atoms with E-state index in [9.17, 15) is 19.2 Å². The Kier molecular flexibility index (Phi) is 21.0. The zero-order valence-corrected chi connectivity index (χ0v) is 13.3. The largest absolute Gasteiger partial charge is 0.481 e. The molecule has 0 aromatic heterocycles. The van der Waals surface area contributed by atoms with Gasteiger partial charge in [0.15, 0.2) is 0 Å². The van der Waals surface area contributed by atoms with E-state index in [4.69, 9.17) is 23.1 Å². The van der Waals surface area contributed by atoms with E-state index >= 15 is 0 Å². The summed E-state index contributed by atoms with van der Waals surface area (Å²) in [5.74, 6) is 1.17. The molecule has 0 aliphatic carbocycles. The number of carbonyl (C=O) groups excluding carboxylic acids is 2. The van der Waals surface area contributed by atoms with E-state index in [2.05, 4.69) is 4.74 Å². The molecule has 0 aromatic carbocycles. The third kappa shape index (κ3) is 32.6. The highest BCUT2D eigenvalue weighted by atomic mass is 16.6. The van der Waals surface area contributed by atoms with Crippen molar-refractivity contribution in [2.75, 3.05) is 0 Å². The van der Waals surface area contributed by atoms with E-state index in [-0.39, 0.29) is 12.8 Å². The first-order chi connectivity index (χ1) is 10.7. The van der Waals surface area contributed by atoms with Crippen LogP contribution in [0.5, 0.6) is 0 Å². The lowest BCUT2D eigenvalue weighted by atomic mass is 10.4. The normalized spacial score (nSPS) is 7.83. The summed E-state index contributed by atoms with van der Waals surface area (Å²) in [6, 6.07) is 0. The van der Waals surface area contributed by atoms with Gasteiger partial charge in [0.05, 0.1) is 0 Å². The van der Waals surface area contributed by atoms with Gasteiger partial charge < -0.3 is 14.9 Å². The summed E-state index contributed by atoms with van der Waals surface area (Å²) in [5.41, 5.74) is 0. The highest BCUT2D eigenvalue weighted by Crippen LogP contribution is 1.88. The summed E-state index contributed by atoms with van der Waals surface area (Å²) in [7, 11) is 0. The van der Waals surface area contributed by atoms with Gasteiger partial charge in [-0.15, -0.1) is 12.8 Å². The van der Waals surface area contributed by atoms with Crippen molar-refractivity contribution in [3.05, 3.63) is 0 Å². The molecule has 0 rings (SSSR count). The molecule has 0 aromatic rings. The second-order valence-electron chi connectivity index (χ2n) is 3.90. The van der Waals surface area contributed by atoms with Crippen molar-refractivity contribution in [3.63, 3.8) is 0 Å². The Hall–Kier alpha value is -2.80. The van der Waals surface area contributed by atoms with Crippen LogP contribution in [0.4, 0.5) is 0 Å². The van der Waals surface area contributed by atoms with Gasteiger partial charge in [-0.2, -0.15) is 0 Å². The van der Waals surface area contributed by atoms with Crippen LogP contribution in [0.3, 0.4) is 0 Å². The van der Waals surface area contributed by atoms with Crippen LogP contribution < -0.4 is 0 Å². The third-order valence-electron chi connectivity index (χ3n) is 1.65. The molecule has 0 amide bonds. The summed E-state index contributed by atoms with van der Waals surface area (Å²) in [4.78, 5) is 40.1. The number of aliphatic carboxylic acids is 2. The van der Waals surface area contributed by atoms with E-state index < -0.39 is 23.9 Å². The topological polar surface area (TPSA) is 118 Å². The lowest BCUT2D eigenvalue weighted by molar-refractivity contribution is -0.158. The summed E-state index contributed by atoms with van der Waals surface area (Å²) in [6.07, 6.45) is 11.2. The fourth-order valence-electron chi connectivity index (χ4n) is 0.794. The molecular formula is C16H22O7. The van der Waals surface area contributed by atoms with Crippen LogP contribution in [-0.4, -0.2) is 34.1 Å². The molecule has 7 heteroatoms. The Labute approximate surface area is 136 Å². The Morgan fingerprint density at radius 2 is 1.13 bits per heavy atom. The quantitative estimate of drug-likeness (QED) is 0.434. The van der Waals surface area contributed by atoms with Crippen LogP contribution in [0.1, 0.15) is 52.4 Å². The van der Waals surface area contributed by atoms with Gasteiger partial charge in [-0.1, -0.05) is 25.7 Å². The standard InChI is InChI=1S/C8H6O3.2C4H8O2/c1-3-5-7(9)11-8(10)6-4-2;2*1-2-3-4(5)6/h1-2H,5-6H2;2*2-3H2,1H3,(H,5,6). The molecule has 0 heterocycles. The molecule has 0 aliphatic heterocycles. The summed E-state index contributed by atoms with van der Waals surface area (Å²) in [5, 5.41) is 15.8. The number of terminal acetylenes is 2. The first-order valence-electron chi connectivity index (χ1n) is 6.78. The summed E-state index contributed by atoms with van der Waals surface area (Å²) >= 11 is 0. The van der Waals surface area contributed by atoms with Crippen molar-refractivity contribution in [1.82, 2.24) is 0 Å². The van der Waals surface area contributed by atoms with E-state index in [0.29, 0.717) is 12.8 Å². The monoisotopic (exact) mass is 326 g/mol. The number of hydrogen-bond acceptors (Lipinski definition) is 5. The molecule has 2 N–H and O–H groups in total. The molecule has 7 nitrogen and oxygen atoms in total. The second kappa shape index (κ2) is 19.2. The predicted molar refractivity (Wildman–Crippen MR) is 83.1 cm³/mol. The Morgan fingerprint density at radius 1 is 0.826 bits per heavy atom. The summed E-state index contributed by atoms with van der Waals surface area (Å²) < 4.78 is 4.17. The van der Waals surface area contributed by atoms with E-state index in [1.54, 1.807) is 0 Å². The van der Waals surface area contributed by atoms with E-state index in [1.165, 1.54) is 0 Å². The molecule has 0 atom stereocenters. The van der Waals surface area contributed by atoms with Crippen molar-refractivity contribution in [3.8, 4) is 24.7 Å². The van der Waals surface area contributed by atoms with Crippen LogP contribution in [0.15, 0.2) is 0 Å². The molecule has 0 bridgehead atoms. The van der Waals surface area contributed by atoms with Crippen molar-refractivity contribution >= 4 is 23.9 Å². The average Bonchev–Trinajstić information content (AvgIpc) is 2.40. The number of ether oxygens (including phenoxy) is 1. The minimum Gasteiger partial charge on any atom is -0.481 e. The fraction of sp³-hybridized carbons (Fsp3) is 0.500. The maximum Gasteiger partial charge on any atom is 0.325 e. The molecule has 0 aliphatic rings. The predicted octanol–water partition coefficient (Wildman–Crippen LogP) is 1.85. The Balaban J connectivity index is -0.000000284. The van der Waals surface area contributed by atoms with Crippen LogP contribution in [0.25, 0.3) is 0 Å². The van der Waals surface area contributed by atoms with Gasteiger partial charge in [0, 0.05) is 12.8 Å². The molecule has 0 fully saturated rings. The van der Waals surface area contributed by atoms with E-state index in [0.717, 1.165) is 12.8 Å². The maximum atomic E-state index is 10.5. The van der Waals surface area contributed by atoms with Crippen LogP contribution in [0.2, 0.25) is 0 Å². The molecular weight excluding hydrogens is 304 g/mol. The highest BCUT2D eigenvalue weighted by Gasteiger charge is 2.06. The Morgan fingerprint density at radius 3 is 1.26 bits per heavy atom. The number of carboxylic acids is 2. The van der Waals surface area contributed by atoms with Gasteiger partial charge in [0.1, 0.15) is 12.8 Å². The van der Waals surface area contributed by atoms with Gasteiger partial charge in [0.25, 0.3) is 0 Å². The van der Waals surface area contributed by atoms with Crippen molar-refractivity contribution < 1.29 is 34.1 Å². The van der Waals surface area contributed by atoms with Crippen LogP contribution >= 0.6 is 0 Å². The molecule has 128 valence electrons. The minimum absolute atomic E-state index is 0.212. The zero-order chi connectivity index (χ0) is 18.7. The fourth-order valence-corrected chi connectivity index (χ4v) is 0.794. The lowest BCUT2D eigenvalue weighted by Crippen LogP contribution is -2.10. The average molecular weight is 326 g/mol. The van der Waals surface area contributed by atoms with Gasteiger partial charge in [-0.3, -0.25) is 19.2 Å². The molecule has 0 saturated carbocycles. The number of carboxylic acid groups (broad SMARTS) is 2. The van der Waals surface area contributed by atoms with Gasteiger partial charge >= 0.3 is 23.9 Å². The Bertz CT molecular complexity index is 410. The van der Waals surface area contributed by atoms with Gasteiger partial charge in [-0.05, 0) is 12.8 Å². The molecule has 0 unspecified atom stereocenters. The molecule has 23 heavy (non-hydrogen) atoms. The van der Waals surface area contributed by atoms with Crippen LogP contribution in [-0.2, 0) is 23.9 Å². The van der Waals surface area contributed by atoms with Gasteiger partial charge in [-0.25, -0.2) is 0 Å². The second-order valence-corrected chi connectivity index (χ2v) is 3.90. The summed E-state index contributed by atoms with van der Waals surface area (Å²) in [6.45, 7) is 3.68. The number of carbonyl (C=O) groups is 4. The first kappa shape index (κ1) is 25.2. The first-order valence-corrected chi connectivity index (χ1v) is 6.78. The molecule has 0 saturated heterocycles. The third-order valence-corrected chi connectivity index (χ3v) is 1.65. The van der Waals surface area contributed by atoms with Crippen molar-refractivity contribution in [2.24, 2.45) is 0 Å². The molecule has 0 spiro atoms. The van der Waals surface area contributed by atoms with Crippen molar-refractivity contribution in [1.29, 1.82) is 0 Å². The minimum atomic E-state index is -0.743. The SMILES string of the molecule is C#CCC(=O)OC(=O)CC#C.CCCC(=O)O.CCCC(=O)O. The number of hydrogen-bond donors (Lipinski definition) is 2. The van der Waals surface area contributed by atoms with Crippen molar-refractivity contribution in [2.45, 2.75) is 52.4 Å². The van der Waals surface area contributed by atoms with E-state index in [1.807, 2.05) is 25.7 Å².